The first kappa shape index (κ1) is 10.3. The molecule has 0 atom stereocenters. The molecular weight excluding hydrogens is 208 g/mol. The molecule has 2 aromatic rings. The second-order valence-electron chi connectivity index (χ2n) is 3.19. The van der Waals surface area contributed by atoms with Gasteiger partial charge in [-0.05, 0) is 12.5 Å². The summed E-state index contributed by atoms with van der Waals surface area (Å²) in [4.78, 5) is 18.5. The SMILES string of the molecule is CCc1cc(C(=O)O)nn1-c1cncnc1. The van der Waals surface area contributed by atoms with Crippen molar-refractivity contribution in [3.8, 4) is 5.69 Å². The molecule has 0 bridgehead atoms. The summed E-state index contributed by atoms with van der Waals surface area (Å²) in [6.45, 7) is 1.93. The van der Waals surface area contributed by atoms with Crippen LogP contribution in [-0.2, 0) is 6.42 Å². The first-order valence-corrected chi connectivity index (χ1v) is 4.80. The second kappa shape index (κ2) is 4.09. The van der Waals surface area contributed by atoms with E-state index in [1.54, 1.807) is 23.1 Å². The van der Waals surface area contributed by atoms with E-state index in [0.717, 1.165) is 5.69 Å². The minimum atomic E-state index is -1.04. The van der Waals surface area contributed by atoms with Gasteiger partial charge in [-0.3, -0.25) is 0 Å². The Kier molecular flexibility index (Phi) is 2.63. The quantitative estimate of drug-likeness (QED) is 0.828. The highest BCUT2D eigenvalue weighted by Gasteiger charge is 2.13. The van der Waals surface area contributed by atoms with Gasteiger partial charge in [0.1, 0.15) is 12.0 Å². The Balaban J connectivity index is 2.52. The van der Waals surface area contributed by atoms with Crippen molar-refractivity contribution in [3.05, 3.63) is 36.2 Å². The topological polar surface area (TPSA) is 80.9 Å². The van der Waals surface area contributed by atoms with Gasteiger partial charge in [0.15, 0.2) is 5.69 Å². The van der Waals surface area contributed by atoms with E-state index in [-0.39, 0.29) is 5.69 Å². The van der Waals surface area contributed by atoms with E-state index in [0.29, 0.717) is 12.1 Å². The van der Waals surface area contributed by atoms with E-state index in [1.807, 2.05) is 6.92 Å². The zero-order valence-corrected chi connectivity index (χ0v) is 8.66. The fourth-order valence-corrected chi connectivity index (χ4v) is 1.40. The van der Waals surface area contributed by atoms with E-state index in [4.69, 9.17) is 5.11 Å². The third kappa shape index (κ3) is 1.77. The van der Waals surface area contributed by atoms with Crippen LogP contribution in [0.15, 0.2) is 24.8 Å². The molecule has 2 aromatic heterocycles. The van der Waals surface area contributed by atoms with E-state index in [2.05, 4.69) is 15.1 Å². The Hall–Kier alpha value is -2.24. The number of carbonyl (C=O) groups is 1. The molecule has 0 aliphatic rings. The zero-order valence-electron chi connectivity index (χ0n) is 8.66. The number of aryl methyl sites for hydroxylation is 1. The minimum absolute atomic E-state index is 0.0284. The molecule has 82 valence electrons. The number of rotatable bonds is 3. The smallest absolute Gasteiger partial charge is 0.356 e. The number of hydrogen-bond donors (Lipinski definition) is 1. The highest BCUT2D eigenvalue weighted by molar-refractivity contribution is 5.85. The monoisotopic (exact) mass is 218 g/mol. The van der Waals surface area contributed by atoms with Gasteiger partial charge in [-0.15, -0.1) is 0 Å². The van der Waals surface area contributed by atoms with Crippen LogP contribution in [0.25, 0.3) is 5.69 Å². The van der Waals surface area contributed by atoms with Crippen LogP contribution in [0.5, 0.6) is 0 Å². The Morgan fingerprint density at radius 2 is 2.12 bits per heavy atom. The Labute approximate surface area is 91.6 Å². The first-order chi connectivity index (χ1) is 7.72. The highest BCUT2D eigenvalue weighted by Crippen LogP contribution is 2.11. The number of hydrogen-bond acceptors (Lipinski definition) is 4. The molecule has 0 amide bonds. The summed E-state index contributed by atoms with van der Waals surface area (Å²) in [7, 11) is 0. The lowest BCUT2D eigenvalue weighted by Gasteiger charge is -2.03. The predicted octanol–water partition coefficient (Wildman–Crippen LogP) is 0.923. The standard InChI is InChI=1S/C10H10N4O2/c1-2-7-3-9(10(15)16)13-14(7)8-4-11-6-12-5-8/h3-6H,2H2,1H3,(H,15,16). The molecule has 0 radical (unpaired) electrons. The van der Waals surface area contributed by atoms with Crippen molar-refractivity contribution in [2.75, 3.05) is 0 Å². The van der Waals surface area contributed by atoms with Crippen LogP contribution in [0.1, 0.15) is 23.1 Å². The van der Waals surface area contributed by atoms with E-state index >= 15 is 0 Å². The Morgan fingerprint density at radius 1 is 1.44 bits per heavy atom. The first-order valence-electron chi connectivity index (χ1n) is 4.80. The molecule has 2 rings (SSSR count). The minimum Gasteiger partial charge on any atom is -0.476 e. The summed E-state index contributed by atoms with van der Waals surface area (Å²) in [6, 6.07) is 1.55. The number of carboxylic acid groups (broad SMARTS) is 1. The summed E-state index contributed by atoms with van der Waals surface area (Å²) < 4.78 is 1.55. The van der Waals surface area contributed by atoms with Crippen LogP contribution in [-0.4, -0.2) is 30.8 Å². The molecule has 2 heterocycles. The molecule has 0 saturated heterocycles. The molecule has 0 fully saturated rings. The van der Waals surface area contributed by atoms with Crippen molar-refractivity contribution in [2.24, 2.45) is 0 Å². The van der Waals surface area contributed by atoms with Gasteiger partial charge in [0, 0.05) is 5.69 Å². The van der Waals surface area contributed by atoms with E-state index < -0.39 is 5.97 Å². The van der Waals surface area contributed by atoms with Crippen molar-refractivity contribution in [3.63, 3.8) is 0 Å². The number of carboxylic acids is 1. The summed E-state index contributed by atoms with van der Waals surface area (Å²) in [5, 5.41) is 12.8. The maximum atomic E-state index is 10.8. The lowest BCUT2D eigenvalue weighted by Crippen LogP contribution is -2.04. The predicted molar refractivity (Wildman–Crippen MR) is 55.5 cm³/mol. The van der Waals surface area contributed by atoms with Crippen LogP contribution in [0.2, 0.25) is 0 Å². The molecule has 0 aliphatic heterocycles. The number of nitrogens with zero attached hydrogens (tertiary/aromatic N) is 4. The fourth-order valence-electron chi connectivity index (χ4n) is 1.40. The van der Waals surface area contributed by atoms with Gasteiger partial charge in [-0.2, -0.15) is 5.10 Å². The molecule has 0 saturated carbocycles. The molecule has 0 aliphatic carbocycles. The third-order valence-electron chi connectivity index (χ3n) is 2.16. The van der Waals surface area contributed by atoms with Crippen molar-refractivity contribution in [1.29, 1.82) is 0 Å². The molecular formula is C10H10N4O2. The van der Waals surface area contributed by atoms with Crippen LogP contribution < -0.4 is 0 Å². The molecule has 16 heavy (non-hydrogen) atoms. The van der Waals surface area contributed by atoms with Crippen molar-refractivity contribution in [2.45, 2.75) is 13.3 Å². The molecule has 0 spiro atoms. The summed E-state index contributed by atoms with van der Waals surface area (Å²) in [5.74, 6) is -1.04. The van der Waals surface area contributed by atoms with Gasteiger partial charge >= 0.3 is 5.97 Å². The number of aromatic nitrogens is 4. The normalized spacial score (nSPS) is 10.3. The van der Waals surface area contributed by atoms with Crippen molar-refractivity contribution in [1.82, 2.24) is 19.7 Å². The Morgan fingerprint density at radius 3 is 2.69 bits per heavy atom. The fraction of sp³-hybridized carbons (Fsp3) is 0.200. The van der Waals surface area contributed by atoms with Crippen molar-refractivity contribution < 1.29 is 9.90 Å². The Bertz CT molecular complexity index is 507. The second-order valence-corrected chi connectivity index (χ2v) is 3.19. The maximum Gasteiger partial charge on any atom is 0.356 e. The molecule has 0 unspecified atom stereocenters. The zero-order chi connectivity index (χ0) is 11.5. The van der Waals surface area contributed by atoms with Gasteiger partial charge in [-0.25, -0.2) is 19.4 Å². The average Bonchev–Trinajstić information content (AvgIpc) is 2.74. The maximum absolute atomic E-state index is 10.8. The summed E-state index contributed by atoms with van der Waals surface area (Å²) in [6.07, 6.45) is 5.28. The van der Waals surface area contributed by atoms with Gasteiger partial charge in [0.05, 0.1) is 12.4 Å². The average molecular weight is 218 g/mol. The highest BCUT2D eigenvalue weighted by atomic mass is 16.4. The third-order valence-corrected chi connectivity index (χ3v) is 2.16. The van der Waals surface area contributed by atoms with Gasteiger partial charge in [-0.1, -0.05) is 6.92 Å². The van der Waals surface area contributed by atoms with E-state index in [1.165, 1.54) is 6.33 Å². The molecule has 6 nitrogen and oxygen atoms in total. The van der Waals surface area contributed by atoms with Crippen LogP contribution in [0.3, 0.4) is 0 Å². The van der Waals surface area contributed by atoms with Crippen LogP contribution in [0, 0.1) is 0 Å². The number of aromatic carboxylic acids is 1. The molecule has 1 N–H and O–H groups in total. The van der Waals surface area contributed by atoms with Gasteiger partial charge in [0.25, 0.3) is 0 Å². The molecule has 0 aromatic carbocycles. The van der Waals surface area contributed by atoms with E-state index in [9.17, 15) is 4.79 Å². The molecule has 6 heteroatoms. The van der Waals surface area contributed by atoms with Crippen LogP contribution >= 0.6 is 0 Å². The largest absolute Gasteiger partial charge is 0.476 e. The van der Waals surface area contributed by atoms with Gasteiger partial charge in [0.2, 0.25) is 0 Å². The lowest BCUT2D eigenvalue weighted by molar-refractivity contribution is 0.0690. The van der Waals surface area contributed by atoms with Crippen LogP contribution in [0.4, 0.5) is 0 Å². The summed E-state index contributed by atoms with van der Waals surface area (Å²) in [5.41, 5.74) is 1.50. The lowest BCUT2D eigenvalue weighted by atomic mass is 10.3. The van der Waals surface area contributed by atoms with Crippen molar-refractivity contribution >= 4 is 5.97 Å². The summed E-state index contributed by atoms with van der Waals surface area (Å²) >= 11 is 0. The van der Waals surface area contributed by atoms with Gasteiger partial charge < -0.3 is 5.11 Å².